The molecule has 2 fully saturated rings. The number of phenolic OH excluding ortho intramolecular Hbond substituents is 1. The summed E-state index contributed by atoms with van der Waals surface area (Å²) < 4.78 is 15.9. The average molecular weight is 423 g/mol. The van der Waals surface area contributed by atoms with Gasteiger partial charge in [0.2, 0.25) is 0 Å². The second-order valence-corrected chi connectivity index (χ2v) is 10.8. The van der Waals surface area contributed by atoms with Crippen LogP contribution in [0.25, 0.3) is 0 Å². The number of fused-ring (bicyclic) bond motifs is 5. The lowest BCUT2D eigenvalue weighted by Crippen LogP contribution is -2.55. The van der Waals surface area contributed by atoms with Crippen LogP contribution in [-0.2, 0) is 6.42 Å². The SMILES string of the molecule is Cc1c(O)ccc2c1CC(CCCCCCl)C1C2C(F)CC2(C)C1CCC2(C)O. The van der Waals surface area contributed by atoms with Crippen LogP contribution in [0, 0.1) is 30.1 Å². The second-order valence-electron chi connectivity index (χ2n) is 10.4. The first-order valence-electron chi connectivity index (χ1n) is 11.4. The van der Waals surface area contributed by atoms with Gasteiger partial charge in [-0.15, -0.1) is 11.6 Å². The van der Waals surface area contributed by atoms with Crippen LogP contribution >= 0.6 is 11.6 Å². The third-order valence-corrected chi connectivity index (χ3v) is 9.33. The van der Waals surface area contributed by atoms with Crippen molar-refractivity contribution in [3.8, 4) is 5.75 Å². The van der Waals surface area contributed by atoms with Crippen molar-refractivity contribution < 1.29 is 14.6 Å². The Morgan fingerprint density at radius 2 is 1.97 bits per heavy atom. The number of phenols is 1. The summed E-state index contributed by atoms with van der Waals surface area (Å²) in [5.41, 5.74) is 2.06. The summed E-state index contributed by atoms with van der Waals surface area (Å²) in [5, 5.41) is 21.4. The van der Waals surface area contributed by atoms with Crippen molar-refractivity contribution in [1.29, 1.82) is 0 Å². The summed E-state index contributed by atoms with van der Waals surface area (Å²) >= 11 is 5.88. The van der Waals surface area contributed by atoms with Crippen LogP contribution in [0.4, 0.5) is 4.39 Å². The fourth-order valence-electron chi connectivity index (χ4n) is 7.20. The molecule has 2 saturated carbocycles. The molecule has 1 aromatic rings. The molecule has 2 N–H and O–H groups in total. The number of unbranched alkanes of at least 4 members (excludes halogenated alkanes) is 2. The van der Waals surface area contributed by atoms with E-state index in [2.05, 4.69) is 6.92 Å². The minimum atomic E-state index is -0.945. The quantitative estimate of drug-likeness (QED) is 0.433. The maximum absolute atomic E-state index is 15.9. The summed E-state index contributed by atoms with van der Waals surface area (Å²) in [6.45, 7) is 6.03. The number of hydrogen-bond acceptors (Lipinski definition) is 2. The van der Waals surface area contributed by atoms with Crippen molar-refractivity contribution in [1.82, 2.24) is 0 Å². The fraction of sp³-hybridized carbons (Fsp3) is 0.760. The van der Waals surface area contributed by atoms with E-state index in [-0.39, 0.29) is 17.3 Å². The minimum absolute atomic E-state index is 0.108. The first-order chi connectivity index (χ1) is 13.7. The summed E-state index contributed by atoms with van der Waals surface area (Å²) in [6.07, 6.45) is 6.50. The zero-order valence-electron chi connectivity index (χ0n) is 18.1. The maximum atomic E-state index is 15.9. The molecule has 3 aliphatic rings. The number of hydrogen-bond donors (Lipinski definition) is 2. The van der Waals surface area contributed by atoms with Crippen molar-refractivity contribution in [2.75, 3.05) is 5.88 Å². The number of benzene rings is 1. The summed E-state index contributed by atoms with van der Waals surface area (Å²) in [5.74, 6) is 1.94. The first-order valence-corrected chi connectivity index (χ1v) is 12.0. The highest BCUT2D eigenvalue weighted by Crippen LogP contribution is 2.66. The van der Waals surface area contributed by atoms with E-state index < -0.39 is 11.8 Å². The molecule has 7 atom stereocenters. The van der Waals surface area contributed by atoms with Gasteiger partial charge < -0.3 is 10.2 Å². The Bertz CT molecular complexity index is 763. The molecule has 0 aliphatic heterocycles. The number of alkyl halides is 2. The van der Waals surface area contributed by atoms with Crippen molar-refractivity contribution >= 4 is 11.6 Å². The Morgan fingerprint density at radius 3 is 2.69 bits per heavy atom. The monoisotopic (exact) mass is 422 g/mol. The van der Waals surface area contributed by atoms with Crippen LogP contribution in [0.3, 0.4) is 0 Å². The average Bonchev–Trinajstić information content (AvgIpc) is 2.90. The molecule has 0 aromatic heterocycles. The van der Waals surface area contributed by atoms with Gasteiger partial charge in [0, 0.05) is 17.2 Å². The Morgan fingerprint density at radius 1 is 1.21 bits per heavy atom. The van der Waals surface area contributed by atoms with Crippen molar-refractivity contribution in [3.05, 3.63) is 28.8 Å². The Balaban J connectivity index is 1.74. The molecule has 162 valence electrons. The normalized spacial score (nSPS) is 41.0. The van der Waals surface area contributed by atoms with E-state index in [4.69, 9.17) is 11.6 Å². The molecule has 0 spiro atoms. The van der Waals surface area contributed by atoms with E-state index >= 15 is 4.39 Å². The highest BCUT2D eigenvalue weighted by Gasteiger charge is 2.63. The largest absolute Gasteiger partial charge is 0.508 e. The number of aromatic hydroxyl groups is 1. The number of aliphatic hydroxyl groups is 1. The lowest BCUT2D eigenvalue weighted by Gasteiger charge is -2.56. The van der Waals surface area contributed by atoms with Gasteiger partial charge in [-0.1, -0.05) is 25.8 Å². The van der Waals surface area contributed by atoms with Crippen LogP contribution in [0.1, 0.15) is 81.4 Å². The lowest BCUT2D eigenvalue weighted by atomic mass is 9.50. The molecule has 3 aliphatic carbocycles. The first kappa shape index (κ1) is 21.4. The van der Waals surface area contributed by atoms with Crippen LogP contribution < -0.4 is 0 Å². The Kier molecular flexibility index (Phi) is 5.70. The molecular weight excluding hydrogens is 387 g/mol. The summed E-state index contributed by atoms with van der Waals surface area (Å²) in [7, 11) is 0. The highest BCUT2D eigenvalue weighted by atomic mass is 35.5. The predicted octanol–water partition coefficient (Wildman–Crippen LogP) is 6.28. The molecule has 0 amide bonds. The maximum Gasteiger partial charge on any atom is 0.118 e. The molecule has 4 rings (SSSR count). The van der Waals surface area contributed by atoms with Crippen LogP contribution in [0.15, 0.2) is 12.1 Å². The molecule has 4 heteroatoms. The molecular formula is C25H36ClFO2. The van der Waals surface area contributed by atoms with Gasteiger partial charge in [0.05, 0.1) is 5.60 Å². The summed E-state index contributed by atoms with van der Waals surface area (Å²) in [6, 6.07) is 3.72. The van der Waals surface area contributed by atoms with Crippen molar-refractivity contribution in [2.45, 2.75) is 89.8 Å². The van der Waals surface area contributed by atoms with E-state index in [1.54, 1.807) is 6.07 Å². The van der Waals surface area contributed by atoms with Gasteiger partial charge >= 0.3 is 0 Å². The van der Waals surface area contributed by atoms with Gasteiger partial charge in [-0.2, -0.15) is 0 Å². The standard InChI is InChI=1S/C25H36ClFO2/c1-15-18-13-16(7-5-4-6-12-26)22-19-10-11-25(3,29)24(19,2)14-20(27)23(22)17(18)8-9-21(15)28/h8-9,16,19-20,22-23,28-29H,4-7,10-14H2,1-3H3. The molecule has 29 heavy (non-hydrogen) atoms. The van der Waals surface area contributed by atoms with Crippen LogP contribution in [0.5, 0.6) is 5.75 Å². The van der Waals surface area contributed by atoms with E-state index in [1.807, 2.05) is 19.9 Å². The molecule has 0 heterocycles. The van der Waals surface area contributed by atoms with Crippen molar-refractivity contribution in [3.63, 3.8) is 0 Å². The van der Waals surface area contributed by atoms with E-state index in [0.717, 1.165) is 56.1 Å². The van der Waals surface area contributed by atoms with Gasteiger partial charge in [-0.25, -0.2) is 4.39 Å². The fourth-order valence-corrected chi connectivity index (χ4v) is 7.38. The van der Waals surface area contributed by atoms with Crippen LogP contribution in [0.2, 0.25) is 0 Å². The molecule has 7 unspecified atom stereocenters. The third kappa shape index (κ3) is 3.31. The molecule has 0 bridgehead atoms. The van der Waals surface area contributed by atoms with E-state index in [0.29, 0.717) is 29.9 Å². The molecule has 0 radical (unpaired) electrons. The van der Waals surface area contributed by atoms with Crippen LogP contribution in [-0.4, -0.2) is 27.9 Å². The minimum Gasteiger partial charge on any atom is -0.508 e. The van der Waals surface area contributed by atoms with E-state index in [9.17, 15) is 10.2 Å². The number of halogens is 2. The van der Waals surface area contributed by atoms with E-state index in [1.165, 1.54) is 5.56 Å². The summed E-state index contributed by atoms with van der Waals surface area (Å²) in [4.78, 5) is 0. The third-order valence-electron chi connectivity index (χ3n) is 9.06. The zero-order valence-corrected chi connectivity index (χ0v) is 18.8. The van der Waals surface area contributed by atoms with Gasteiger partial charge in [-0.3, -0.25) is 0 Å². The van der Waals surface area contributed by atoms with Gasteiger partial charge in [0.1, 0.15) is 11.9 Å². The lowest BCUT2D eigenvalue weighted by molar-refractivity contribution is -0.120. The van der Waals surface area contributed by atoms with Gasteiger partial charge in [0.25, 0.3) is 0 Å². The van der Waals surface area contributed by atoms with Crippen molar-refractivity contribution in [2.24, 2.45) is 23.2 Å². The molecule has 0 saturated heterocycles. The van der Waals surface area contributed by atoms with Gasteiger partial charge in [0.15, 0.2) is 0 Å². The van der Waals surface area contributed by atoms with Gasteiger partial charge in [-0.05, 0) is 92.9 Å². The highest BCUT2D eigenvalue weighted by molar-refractivity contribution is 6.17. The Hall–Kier alpha value is -0.800. The topological polar surface area (TPSA) is 40.5 Å². The molecule has 1 aromatic carbocycles. The second kappa shape index (κ2) is 7.71. The predicted molar refractivity (Wildman–Crippen MR) is 116 cm³/mol. The molecule has 2 nitrogen and oxygen atoms in total. The smallest absolute Gasteiger partial charge is 0.118 e. The number of rotatable bonds is 5. The zero-order chi connectivity index (χ0) is 21.0. The Labute approximate surface area is 179 Å².